The van der Waals surface area contributed by atoms with Crippen LogP contribution in [0.4, 0.5) is 17.3 Å². The number of aryl methyl sites for hydroxylation is 1. The first kappa shape index (κ1) is 14.5. The molecule has 0 aliphatic rings. The third kappa shape index (κ3) is 3.17. The summed E-state index contributed by atoms with van der Waals surface area (Å²) in [6.07, 6.45) is 1.41. The highest BCUT2D eigenvalue weighted by Crippen LogP contribution is 2.34. The first-order valence-electron chi connectivity index (χ1n) is 5.22. The topological polar surface area (TPSA) is 75.9 Å². The first-order valence-corrected chi connectivity index (χ1v) is 7.19. The number of benzene rings is 1. The van der Waals surface area contributed by atoms with Crippen LogP contribution in [0.2, 0.25) is 5.02 Å². The summed E-state index contributed by atoms with van der Waals surface area (Å²) in [4.78, 5) is 8.13. The van der Waals surface area contributed by atoms with Crippen LogP contribution in [0.3, 0.4) is 0 Å². The molecular weight excluding hydrogens is 397 g/mol. The Morgan fingerprint density at radius 3 is 2.58 bits per heavy atom. The van der Waals surface area contributed by atoms with Crippen LogP contribution < -0.4 is 16.6 Å². The van der Waals surface area contributed by atoms with Gasteiger partial charge in [0.25, 0.3) is 0 Å². The zero-order valence-electron chi connectivity index (χ0n) is 9.84. The van der Waals surface area contributed by atoms with Crippen molar-refractivity contribution in [3.63, 3.8) is 0 Å². The number of aromatic nitrogens is 2. The van der Waals surface area contributed by atoms with E-state index in [2.05, 4.69) is 52.6 Å². The van der Waals surface area contributed by atoms with Gasteiger partial charge in [0.05, 0.1) is 5.69 Å². The molecule has 5 nitrogen and oxygen atoms in total. The molecule has 0 amide bonds. The van der Waals surface area contributed by atoms with Gasteiger partial charge in [-0.15, -0.1) is 0 Å². The molecular formula is C11H10Br2ClN5. The second-order valence-corrected chi connectivity index (χ2v) is 5.79. The molecule has 0 radical (unpaired) electrons. The number of hydrogen-bond donors (Lipinski definition) is 3. The minimum atomic E-state index is 0.492. The number of nitrogens with two attached hydrogens (primary N) is 1. The molecule has 0 bridgehead atoms. The van der Waals surface area contributed by atoms with Gasteiger partial charge < -0.3 is 10.7 Å². The van der Waals surface area contributed by atoms with Gasteiger partial charge in [-0.1, -0.05) is 11.6 Å². The summed E-state index contributed by atoms with van der Waals surface area (Å²) >= 11 is 13.0. The van der Waals surface area contributed by atoms with Gasteiger partial charge in [-0.3, -0.25) is 0 Å². The quantitative estimate of drug-likeness (QED) is 0.530. The number of anilines is 3. The van der Waals surface area contributed by atoms with E-state index in [1.807, 2.05) is 19.1 Å². The van der Waals surface area contributed by atoms with Gasteiger partial charge in [0.2, 0.25) is 0 Å². The summed E-state index contributed by atoms with van der Waals surface area (Å²) < 4.78 is 1.53. The Morgan fingerprint density at radius 1 is 1.21 bits per heavy atom. The molecule has 4 N–H and O–H groups in total. The van der Waals surface area contributed by atoms with Crippen molar-refractivity contribution in [3.05, 3.63) is 38.0 Å². The Balaban J connectivity index is 2.39. The maximum Gasteiger partial charge on any atom is 0.159 e. The van der Waals surface area contributed by atoms with Crippen molar-refractivity contribution < 1.29 is 0 Å². The predicted molar refractivity (Wildman–Crippen MR) is 84.7 cm³/mol. The fourth-order valence-electron chi connectivity index (χ4n) is 1.43. The molecule has 2 aromatic rings. The average Bonchev–Trinajstić information content (AvgIpc) is 2.38. The van der Waals surface area contributed by atoms with E-state index in [4.69, 9.17) is 17.4 Å². The smallest absolute Gasteiger partial charge is 0.159 e. The molecule has 100 valence electrons. The highest BCUT2D eigenvalue weighted by Gasteiger charge is 2.10. The van der Waals surface area contributed by atoms with Crippen LogP contribution in [0, 0.1) is 6.92 Å². The Kier molecular flexibility index (Phi) is 4.62. The van der Waals surface area contributed by atoms with Crippen LogP contribution in [-0.2, 0) is 0 Å². The molecule has 19 heavy (non-hydrogen) atoms. The van der Waals surface area contributed by atoms with Crippen molar-refractivity contribution in [2.75, 3.05) is 10.7 Å². The first-order chi connectivity index (χ1) is 9.02. The van der Waals surface area contributed by atoms with Crippen LogP contribution in [-0.4, -0.2) is 9.97 Å². The normalized spacial score (nSPS) is 10.4. The minimum Gasteiger partial charge on any atom is -0.338 e. The number of hydrogen-bond acceptors (Lipinski definition) is 5. The highest BCUT2D eigenvalue weighted by atomic mass is 79.9. The molecule has 0 atom stereocenters. The van der Waals surface area contributed by atoms with Crippen LogP contribution in [0.25, 0.3) is 0 Å². The number of nitrogens with one attached hydrogen (secondary N) is 2. The number of nitrogen functional groups attached to an aromatic ring is 1. The summed E-state index contributed by atoms with van der Waals surface area (Å²) in [5, 5.41) is 3.83. The van der Waals surface area contributed by atoms with Crippen LogP contribution in [0.1, 0.15) is 5.56 Å². The SMILES string of the molecule is Cc1cc(Br)c(Nc2ncnc(NN)c2Br)cc1Cl. The van der Waals surface area contributed by atoms with Gasteiger partial charge in [0, 0.05) is 9.50 Å². The second-order valence-electron chi connectivity index (χ2n) is 3.74. The van der Waals surface area contributed by atoms with Gasteiger partial charge in [-0.2, -0.15) is 0 Å². The zero-order valence-corrected chi connectivity index (χ0v) is 13.8. The number of nitrogens with zero attached hydrogens (tertiary/aromatic N) is 2. The molecule has 0 saturated heterocycles. The van der Waals surface area contributed by atoms with Crippen LogP contribution >= 0.6 is 43.5 Å². The van der Waals surface area contributed by atoms with Crippen LogP contribution in [0.15, 0.2) is 27.4 Å². The molecule has 0 fully saturated rings. The van der Waals surface area contributed by atoms with Crippen molar-refractivity contribution in [2.24, 2.45) is 5.84 Å². The van der Waals surface area contributed by atoms with Gasteiger partial charge >= 0.3 is 0 Å². The molecule has 8 heteroatoms. The summed E-state index contributed by atoms with van der Waals surface area (Å²) in [5.41, 5.74) is 4.28. The lowest BCUT2D eigenvalue weighted by Gasteiger charge is -2.12. The molecule has 0 aliphatic heterocycles. The third-order valence-corrected chi connectivity index (χ3v) is 4.24. The lowest BCUT2D eigenvalue weighted by atomic mass is 10.2. The van der Waals surface area contributed by atoms with Crippen molar-refractivity contribution in [2.45, 2.75) is 6.92 Å². The van der Waals surface area contributed by atoms with E-state index < -0.39 is 0 Å². The average molecular weight is 407 g/mol. The van der Waals surface area contributed by atoms with E-state index in [0.717, 1.165) is 15.7 Å². The minimum absolute atomic E-state index is 0.492. The van der Waals surface area contributed by atoms with Crippen molar-refractivity contribution in [1.29, 1.82) is 0 Å². The Morgan fingerprint density at radius 2 is 1.89 bits per heavy atom. The Bertz CT molecular complexity index is 620. The van der Waals surface area contributed by atoms with E-state index in [0.29, 0.717) is 21.1 Å². The molecule has 0 saturated carbocycles. The molecule has 0 unspecified atom stereocenters. The molecule has 1 aromatic carbocycles. The Hall–Kier alpha value is -0.890. The fourth-order valence-corrected chi connectivity index (χ4v) is 2.57. The van der Waals surface area contributed by atoms with Gasteiger partial charge in [-0.25, -0.2) is 15.8 Å². The molecule has 0 spiro atoms. The van der Waals surface area contributed by atoms with E-state index in [-0.39, 0.29) is 0 Å². The van der Waals surface area contributed by atoms with Crippen molar-refractivity contribution >= 4 is 60.8 Å². The van der Waals surface area contributed by atoms with E-state index in [9.17, 15) is 0 Å². The van der Waals surface area contributed by atoms with E-state index >= 15 is 0 Å². The van der Waals surface area contributed by atoms with Crippen molar-refractivity contribution in [1.82, 2.24) is 9.97 Å². The molecule has 0 aliphatic carbocycles. The number of halogens is 3. The fraction of sp³-hybridized carbons (Fsp3) is 0.0909. The van der Waals surface area contributed by atoms with E-state index in [1.165, 1.54) is 6.33 Å². The maximum absolute atomic E-state index is 6.11. The van der Waals surface area contributed by atoms with Crippen LogP contribution in [0.5, 0.6) is 0 Å². The monoisotopic (exact) mass is 405 g/mol. The molecule has 1 aromatic heterocycles. The highest BCUT2D eigenvalue weighted by molar-refractivity contribution is 9.11. The summed E-state index contributed by atoms with van der Waals surface area (Å²) in [7, 11) is 0. The van der Waals surface area contributed by atoms with Crippen molar-refractivity contribution in [3.8, 4) is 0 Å². The van der Waals surface area contributed by atoms with Gasteiger partial charge in [-0.05, 0) is 56.5 Å². The number of rotatable bonds is 3. The van der Waals surface area contributed by atoms with Gasteiger partial charge in [0.15, 0.2) is 5.82 Å². The molecule has 2 rings (SSSR count). The largest absolute Gasteiger partial charge is 0.338 e. The summed E-state index contributed by atoms with van der Waals surface area (Å²) in [6.45, 7) is 1.94. The second kappa shape index (κ2) is 6.04. The lowest BCUT2D eigenvalue weighted by molar-refractivity contribution is 1.12. The standard InChI is InChI=1S/C11H10Br2ClN5/c1-5-2-6(12)8(3-7(5)14)18-10-9(13)11(19-15)17-4-16-10/h2-4H,15H2,1H3,(H2,16,17,18,19). The molecule has 1 heterocycles. The maximum atomic E-state index is 6.11. The summed E-state index contributed by atoms with van der Waals surface area (Å²) in [5.74, 6) is 6.44. The van der Waals surface area contributed by atoms with E-state index in [1.54, 1.807) is 0 Å². The number of hydrazine groups is 1. The summed E-state index contributed by atoms with van der Waals surface area (Å²) in [6, 6.07) is 3.76. The predicted octanol–water partition coefficient (Wildman–Crippen LogP) is 3.99. The Labute approximate surface area is 132 Å². The van der Waals surface area contributed by atoms with Gasteiger partial charge in [0.1, 0.15) is 16.6 Å². The zero-order chi connectivity index (χ0) is 14.0. The third-order valence-electron chi connectivity index (χ3n) is 2.43. The lowest BCUT2D eigenvalue weighted by Crippen LogP contribution is -2.10.